The van der Waals surface area contributed by atoms with Crippen LogP contribution >= 0.6 is 0 Å². The first-order valence-corrected chi connectivity index (χ1v) is 14.1. The Kier molecular flexibility index (Phi) is 9.34. The molecule has 0 fully saturated rings. The van der Waals surface area contributed by atoms with Crippen molar-refractivity contribution in [3.63, 3.8) is 0 Å². The lowest BCUT2D eigenvalue weighted by molar-refractivity contribution is 0.211. The highest BCUT2D eigenvalue weighted by Crippen LogP contribution is 2.30. The van der Waals surface area contributed by atoms with Crippen LogP contribution in [0.1, 0.15) is 53.8 Å². The summed E-state index contributed by atoms with van der Waals surface area (Å²) in [5, 5.41) is 25.4. The van der Waals surface area contributed by atoms with Crippen molar-refractivity contribution in [1.29, 1.82) is 5.26 Å². The third-order valence-electron chi connectivity index (χ3n) is 7.06. The first kappa shape index (κ1) is 29.4. The molecule has 0 radical (unpaired) electrons. The van der Waals surface area contributed by atoms with Crippen LogP contribution in [-0.2, 0) is 13.1 Å². The van der Waals surface area contributed by atoms with E-state index in [4.69, 9.17) is 19.2 Å². The smallest absolute Gasteiger partial charge is 0.336 e. The predicted octanol–water partition coefficient (Wildman–Crippen LogP) is 5.48. The van der Waals surface area contributed by atoms with E-state index in [1.54, 1.807) is 49.2 Å². The topological polar surface area (TPSA) is 118 Å². The zero-order valence-corrected chi connectivity index (χ0v) is 24.5. The van der Waals surface area contributed by atoms with Crippen LogP contribution in [0.3, 0.4) is 0 Å². The second-order valence-corrected chi connectivity index (χ2v) is 10.0. The van der Waals surface area contributed by atoms with Gasteiger partial charge >= 0.3 is 6.01 Å². The molecule has 1 N–H and O–H groups in total. The fourth-order valence-corrected chi connectivity index (χ4v) is 4.69. The van der Waals surface area contributed by atoms with Gasteiger partial charge in [-0.25, -0.2) is 9.50 Å². The van der Waals surface area contributed by atoms with E-state index in [2.05, 4.69) is 28.0 Å². The van der Waals surface area contributed by atoms with E-state index in [0.717, 1.165) is 35.5 Å². The molecular weight excluding hydrogens is 544 g/mol. The minimum Gasteiger partial charge on any atom is -0.497 e. The zero-order chi connectivity index (χ0) is 30.2. The molecule has 0 spiro atoms. The van der Waals surface area contributed by atoms with Crippen LogP contribution in [0.4, 0.5) is 5.82 Å². The Labute approximate surface area is 250 Å². The first-order chi connectivity index (χ1) is 21.0. The average molecular weight is 579 g/mol. The zero-order valence-electron chi connectivity index (χ0n) is 24.5. The largest absolute Gasteiger partial charge is 0.497 e. The van der Waals surface area contributed by atoms with Crippen LogP contribution in [0.15, 0.2) is 79.0 Å². The van der Waals surface area contributed by atoms with Gasteiger partial charge in [-0.05, 0) is 59.5 Å². The molecule has 43 heavy (non-hydrogen) atoms. The van der Waals surface area contributed by atoms with Crippen molar-refractivity contribution in [3.05, 3.63) is 107 Å². The Morgan fingerprint density at radius 1 is 0.953 bits per heavy atom. The van der Waals surface area contributed by atoms with Crippen LogP contribution in [-0.4, -0.2) is 45.5 Å². The Hall–Kier alpha value is -5.14. The second-order valence-electron chi connectivity index (χ2n) is 10.0. The fourth-order valence-electron chi connectivity index (χ4n) is 4.69. The van der Waals surface area contributed by atoms with Crippen molar-refractivity contribution in [3.8, 4) is 23.6 Å². The minimum atomic E-state index is -1.08. The van der Waals surface area contributed by atoms with Gasteiger partial charge in [0.2, 0.25) is 0 Å². The molecule has 220 valence electrons. The van der Waals surface area contributed by atoms with Crippen molar-refractivity contribution >= 4 is 11.5 Å². The van der Waals surface area contributed by atoms with E-state index in [1.165, 1.54) is 0 Å². The molecule has 0 saturated carbocycles. The normalized spacial score (nSPS) is 11.6. The van der Waals surface area contributed by atoms with Crippen molar-refractivity contribution in [2.24, 2.45) is 0 Å². The molecule has 10 heteroatoms. The minimum absolute atomic E-state index is 0.183. The molecule has 1 atom stereocenters. The number of fused-ring (bicyclic) bond motifs is 1. The summed E-state index contributed by atoms with van der Waals surface area (Å²) >= 11 is 0. The molecule has 5 rings (SSSR count). The average Bonchev–Trinajstić information content (AvgIpc) is 3.48. The Balaban J connectivity index is 1.61. The van der Waals surface area contributed by atoms with Gasteiger partial charge in [0, 0.05) is 13.1 Å². The van der Waals surface area contributed by atoms with Crippen LogP contribution in [0, 0.1) is 11.3 Å². The molecule has 0 saturated heterocycles. The van der Waals surface area contributed by atoms with Gasteiger partial charge in [-0.2, -0.15) is 10.2 Å². The summed E-state index contributed by atoms with van der Waals surface area (Å²) in [4.78, 5) is 11.6. The van der Waals surface area contributed by atoms with Gasteiger partial charge in [0.1, 0.15) is 17.6 Å². The van der Waals surface area contributed by atoms with Gasteiger partial charge in [-0.15, -0.1) is 5.10 Å². The third-order valence-corrected chi connectivity index (χ3v) is 7.06. The highest BCUT2D eigenvalue weighted by atomic mass is 16.5. The van der Waals surface area contributed by atoms with E-state index < -0.39 is 6.10 Å². The molecule has 5 aromatic rings. The van der Waals surface area contributed by atoms with E-state index in [1.807, 2.05) is 48.5 Å². The van der Waals surface area contributed by atoms with Gasteiger partial charge in [-0.1, -0.05) is 49.7 Å². The summed E-state index contributed by atoms with van der Waals surface area (Å²) < 4.78 is 18.3. The summed E-state index contributed by atoms with van der Waals surface area (Å²) in [5.74, 6) is 2.10. The number of aromatic nitrogens is 4. The lowest BCUT2D eigenvalue weighted by Gasteiger charge is -2.25. The number of unbranched alkanes of at least 4 members (excludes halogenated alkanes) is 1. The highest BCUT2D eigenvalue weighted by molar-refractivity contribution is 5.65. The number of nitrogens with zero attached hydrogens (tertiary/aromatic N) is 6. The maximum absolute atomic E-state index is 11.4. The van der Waals surface area contributed by atoms with Crippen molar-refractivity contribution < 1.29 is 19.3 Å². The van der Waals surface area contributed by atoms with Crippen LogP contribution in [0.5, 0.6) is 17.5 Å². The second kappa shape index (κ2) is 13.7. The SMILES string of the molecule is CCCCOc1nc(N(Cc2ccc(OC)cc2)Cc2ccc(OC)cc2)c2ncc(C(O)c3cccc(C#N)c3)n2n1. The number of ether oxygens (including phenoxy) is 3. The quantitative estimate of drug-likeness (QED) is 0.181. The fraction of sp³-hybridized carbons (Fsp3) is 0.273. The third kappa shape index (κ3) is 6.85. The lowest BCUT2D eigenvalue weighted by atomic mass is 10.0. The molecular formula is C33H34N6O4. The number of imidazole rings is 1. The van der Waals surface area contributed by atoms with Crippen LogP contribution < -0.4 is 19.1 Å². The number of rotatable bonds is 13. The Bertz CT molecular complexity index is 1650. The molecule has 3 aromatic carbocycles. The van der Waals surface area contributed by atoms with E-state index >= 15 is 0 Å². The molecule has 1 unspecified atom stereocenters. The van der Waals surface area contributed by atoms with Crippen molar-refractivity contribution in [1.82, 2.24) is 19.6 Å². The summed E-state index contributed by atoms with van der Waals surface area (Å²) in [6, 6.07) is 24.9. The standard InChI is InChI=1S/C33H34N6O4/c1-4-5-17-43-33-36-32(31-35-20-29(39(31)37-33)30(40)26-8-6-7-25(18-26)19-34)38(21-23-9-13-27(41-2)14-10-23)22-24-11-15-28(42-3)16-12-24/h6-16,18,20,30,40H,4-5,17,21-22H2,1-3H3. The predicted molar refractivity (Wildman–Crippen MR) is 162 cm³/mol. The van der Waals surface area contributed by atoms with E-state index in [-0.39, 0.29) is 6.01 Å². The molecule has 0 bridgehead atoms. The van der Waals surface area contributed by atoms with Gasteiger partial charge in [0.05, 0.1) is 44.3 Å². The first-order valence-electron chi connectivity index (χ1n) is 14.1. The number of anilines is 1. The molecule has 2 heterocycles. The van der Waals surface area contributed by atoms with E-state index in [0.29, 0.717) is 48.0 Å². The summed E-state index contributed by atoms with van der Waals surface area (Å²) in [5.41, 5.74) is 4.00. The van der Waals surface area contributed by atoms with Gasteiger partial charge in [-0.3, -0.25) is 0 Å². The Morgan fingerprint density at radius 3 is 2.19 bits per heavy atom. The molecule has 0 aliphatic carbocycles. The van der Waals surface area contributed by atoms with E-state index in [9.17, 15) is 10.4 Å². The number of hydrogen-bond donors (Lipinski definition) is 1. The number of aliphatic hydroxyl groups excluding tert-OH is 1. The monoisotopic (exact) mass is 578 g/mol. The maximum Gasteiger partial charge on any atom is 0.336 e. The van der Waals surface area contributed by atoms with Crippen molar-refractivity contribution in [2.45, 2.75) is 39.0 Å². The molecule has 0 aliphatic heterocycles. The maximum atomic E-state index is 11.4. The van der Waals surface area contributed by atoms with Gasteiger partial charge in [0.25, 0.3) is 0 Å². The summed E-state index contributed by atoms with van der Waals surface area (Å²) in [7, 11) is 3.28. The highest BCUT2D eigenvalue weighted by Gasteiger charge is 2.24. The van der Waals surface area contributed by atoms with Gasteiger partial charge < -0.3 is 24.2 Å². The number of nitriles is 1. The summed E-state index contributed by atoms with van der Waals surface area (Å²) in [6.45, 7) is 3.55. The molecule has 0 aliphatic rings. The molecule has 2 aromatic heterocycles. The summed E-state index contributed by atoms with van der Waals surface area (Å²) in [6.07, 6.45) is 2.32. The van der Waals surface area contributed by atoms with Crippen LogP contribution in [0.25, 0.3) is 5.65 Å². The molecule has 10 nitrogen and oxygen atoms in total. The molecule has 0 amide bonds. The number of aliphatic hydroxyl groups is 1. The van der Waals surface area contributed by atoms with Gasteiger partial charge in [0.15, 0.2) is 11.5 Å². The lowest BCUT2D eigenvalue weighted by Crippen LogP contribution is -2.25. The Morgan fingerprint density at radius 2 is 1.60 bits per heavy atom. The van der Waals surface area contributed by atoms with Crippen LogP contribution in [0.2, 0.25) is 0 Å². The van der Waals surface area contributed by atoms with Crippen molar-refractivity contribution in [2.75, 3.05) is 25.7 Å². The number of hydrogen-bond acceptors (Lipinski definition) is 9. The number of methoxy groups -OCH3 is 2. The number of benzene rings is 3.